The van der Waals surface area contributed by atoms with E-state index in [1.807, 2.05) is 6.92 Å². The van der Waals surface area contributed by atoms with Crippen molar-refractivity contribution < 1.29 is 23.0 Å². The number of hydrogen-bond donors (Lipinski definition) is 0. The molecule has 1 aromatic heterocycles. The Balaban J connectivity index is 1.84. The lowest BCUT2D eigenvalue weighted by Gasteiger charge is -2.31. The molecule has 0 spiro atoms. The van der Waals surface area contributed by atoms with E-state index in [9.17, 15) is 23.2 Å². The van der Waals surface area contributed by atoms with Gasteiger partial charge >= 0.3 is 5.69 Å². The lowest BCUT2D eigenvalue weighted by atomic mass is 10.0. The van der Waals surface area contributed by atoms with Gasteiger partial charge in [-0.1, -0.05) is 12.1 Å². The third kappa shape index (κ3) is 5.27. The molecule has 8 nitrogen and oxygen atoms in total. The fourth-order valence-electron chi connectivity index (χ4n) is 4.56. The van der Waals surface area contributed by atoms with Crippen molar-refractivity contribution in [2.75, 3.05) is 33.0 Å². The van der Waals surface area contributed by atoms with Gasteiger partial charge in [0.2, 0.25) is 6.41 Å². The first kappa shape index (κ1) is 25.4. The summed E-state index contributed by atoms with van der Waals surface area (Å²) in [6.45, 7) is 1.33. The van der Waals surface area contributed by atoms with Crippen LogP contribution in [0.1, 0.15) is 31.4 Å². The van der Waals surface area contributed by atoms with Crippen molar-refractivity contribution in [2.24, 2.45) is 0 Å². The summed E-state index contributed by atoms with van der Waals surface area (Å²) in [6.07, 6.45) is 0.620. The molecular formula is C26H29F2N3O5. The normalized spacial score (nSPS) is 14.4. The van der Waals surface area contributed by atoms with Crippen molar-refractivity contribution in [1.29, 1.82) is 0 Å². The first-order valence-electron chi connectivity index (χ1n) is 12.0. The zero-order chi connectivity index (χ0) is 25.7. The van der Waals surface area contributed by atoms with Gasteiger partial charge in [-0.2, -0.15) is 0 Å². The first-order valence-corrected chi connectivity index (χ1v) is 12.0. The molecule has 0 bridgehead atoms. The number of halogens is 2. The summed E-state index contributed by atoms with van der Waals surface area (Å²) in [5.74, 6) is 0.773. The van der Waals surface area contributed by atoms with Gasteiger partial charge < -0.3 is 14.4 Å². The van der Waals surface area contributed by atoms with Gasteiger partial charge in [0.05, 0.1) is 24.1 Å². The van der Waals surface area contributed by atoms with Crippen LogP contribution in [0.25, 0.3) is 10.9 Å². The maximum absolute atomic E-state index is 13.7. The van der Waals surface area contributed by atoms with E-state index in [2.05, 4.69) is 0 Å². The fraction of sp³-hybridized carbons (Fsp3) is 0.423. The molecule has 0 atom stereocenters. The van der Waals surface area contributed by atoms with Crippen LogP contribution in [0, 0.1) is 0 Å². The summed E-state index contributed by atoms with van der Waals surface area (Å²) >= 11 is 0. The van der Waals surface area contributed by atoms with Crippen LogP contribution in [0.5, 0.6) is 11.5 Å². The van der Waals surface area contributed by atoms with Crippen LogP contribution in [0.15, 0.2) is 52.1 Å². The zero-order valence-electron chi connectivity index (χ0n) is 20.1. The van der Waals surface area contributed by atoms with Crippen LogP contribution in [0.3, 0.4) is 0 Å². The van der Waals surface area contributed by atoms with E-state index in [-0.39, 0.29) is 23.7 Å². The number of piperidine rings is 1. The Morgan fingerprint density at radius 3 is 2.47 bits per heavy atom. The number of nitrogens with zero attached hydrogens (tertiary/aromatic N) is 3. The number of ether oxygens (including phenoxy) is 2. The lowest BCUT2D eigenvalue weighted by molar-refractivity contribution is -0.119. The van der Waals surface area contributed by atoms with Crippen molar-refractivity contribution >= 4 is 17.3 Å². The first-order chi connectivity index (χ1) is 17.5. The molecular weight excluding hydrogens is 472 g/mol. The molecule has 1 amide bonds. The maximum Gasteiger partial charge on any atom is 0.332 e. The van der Waals surface area contributed by atoms with Gasteiger partial charge in [0.1, 0.15) is 24.8 Å². The molecule has 0 unspecified atom stereocenters. The van der Waals surface area contributed by atoms with Gasteiger partial charge in [-0.25, -0.2) is 13.6 Å². The predicted octanol–water partition coefficient (Wildman–Crippen LogP) is 3.09. The highest BCUT2D eigenvalue weighted by atomic mass is 19.1. The third-order valence-electron chi connectivity index (χ3n) is 6.35. The second-order valence-corrected chi connectivity index (χ2v) is 8.72. The number of hydrogen-bond acceptors (Lipinski definition) is 5. The molecule has 0 aliphatic carbocycles. The van der Waals surface area contributed by atoms with E-state index in [1.54, 1.807) is 39.8 Å². The second-order valence-electron chi connectivity index (χ2n) is 8.72. The van der Waals surface area contributed by atoms with E-state index < -0.39 is 30.7 Å². The largest absolute Gasteiger partial charge is 0.494 e. The maximum atomic E-state index is 13.7. The molecule has 0 saturated carbocycles. The van der Waals surface area contributed by atoms with Crippen molar-refractivity contribution in [3.05, 3.63) is 68.9 Å². The van der Waals surface area contributed by atoms with Crippen molar-refractivity contribution in [3.63, 3.8) is 0 Å². The van der Waals surface area contributed by atoms with E-state index in [0.717, 1.165) is 11.0 Å². The van der Waals surface area contributed by atoms with Crippen molar-refractivity contribution in [1.82, 2.24) is 14.0 Å². The molecule has 0 radical (unpaired) electrons. The fourth-order valence-corrected chi connectivity index (χ4v) is 4.56. The average molecular weight is 502 g/mol. The van der Waals surface area contributed by atoms with Gasteiger partial charge in [0.15, 0.2) is 6.10 Å². The van der Waals surface area contributed by atoms with Crippen molar-refractivity contribution in [3.8, 4) is 11.5 Å². The number of benzene rings is 2. The summed E-state index contributed by atoms with van der Waals surface area (Å²) in [4.78, 5) is 40.1. The highest BCUT2D eigenvalue weighted by molar-refractivity contribution is 5.80. The van der Waals surface area contributed by atoms with Gasteiger partial charge in [0, 0.05) is 19.1 Å². The van der Waals surface area contributed by atoms with Crippen LogP contribution in [0.2, 0.25) is 0 Å². The average Bonchev–Trinajstić information content (AvgIpc) is 2.91. The monoisotopic (exact) mass is 501 g/mol. The number of carbonyl (C=O) groups excluding carboxylic acids is 1. The smallest absolute Gasteiger partial charge is 0.332 e. The van der Waals surface area contributed by atoms with E-state index in [4.69, 9.17) is 9.47 Å². The SMILES string of the molecule is CCOc1cccc(Cn2c(=O)c3cc(OC(CF)CF)ccc3n(C3CCN(C=O)CC3)c2=O)c1. The van der Waals surface area contributed by atoms with Crippen LogP contribution in [0.4, 0.5) is 8.78 Å². The quantitative estimate of drug-likeness (QED) is 0.399. The molecule has 10 heteroatoms. The van der Waals surface area contributed by atoms with Crippen molar-refractivity contribution in [2.45, 2.75) is 38.5 Å². The molecule has 192 valence electrons. The summed E-state index contributed by atoms with van der Waals surface area (Å²) in [6, 6.07) is 11.5. The topological polar surface area (TPSA) is 82.8 Å². The number of rotatable bonds is 10. The number of alkyl halides is 2. The van der Waals surface area contributed by atoms with Gasteiger partial charge in [-0.3, -0.25) is 18.7 Å². The van der Waals surface area contributed by atoms with E-state index in [1.165, 1.54) is 12.1 Å². The Morgan fingerprint density at radius 2 is 1.81 bits per heavy atom. The molecule has 1 saturated heterocycles. The highest BCUT2D eigenvalue weighted by Gasteiger charge is 2.25. The van der Waals surface area contributed by atoms with Crippen LogP contribution in [-0.4, -0.2) is 59.6 Å². The minimum atomic E-state index is -1.27. The summed E-state index contributed by atoms with van der Waals surface area (Å²) < 4.78 is 39.7. The summed E-state index contributed by atoms with van der Waals surface area (Å²) in [7, 11) is 0. The molecule has 0 N–H and O–H groups in total. The van der Waals surface area contributed by atoms with Crippen LogP contribution < -0.4 is 20.7 Å². The molecule has 1 fully saturated rings. The van der Waals surface area contributed by atoms with Gasteiger partial charge in [0.25, 0.3) is 5.56 Å². The Morgan fingerprint density at radius 1 is 1.06 bits per heavy atom. The summed E-state index contributed by atoms with van der Waals surface area (Å²) in [5, 5.41) is 0.211. The highest BCUT2D eigenvalue weighted by Crippen LogP contribution is 2.26. The molecule has 2 heterocycles. The predicted molar refractivity (Wildman–Crippen MR) is 131 cm³/mol. The number of amides is 1. The number of aromatic nitrogens is 2. The Hall–Kier alpha value is -3.69. The van der Waals surface area contributed by atoms with Crippen LogP contribution in [-0.2, 0) is 11.3 Å². The molecule has 1 aliphatic rings. The minimum absolute atomic E-state index is 0.0182. The summed E-state index contributed by atoms with van der Waals surface area (Å²) in [5.41, 5.74) is 0.140. The third-order valence-corrected chi connectivity index (χ3v) is 6.35. The number of likely N-dealkylation sites (tertiary alicyclic amines) is 1. The van der Waals surface area contributed by atoms with E-state index in [0.29, 0.717) is 49.4 Å². The van der Waals surface area contributed by atoms with Gasteiger partial charge in [-0.15, -0.1) is 0 Å². The second kappa shape index (κ2) is 11.4. The Kier molecular flexibility index (Phi) is 8.02. The zero-order valence-corrected chi connectivity index (χ0v) is 20.1. The molecule has 36 heavy (non-hydrogen) atoms. The molecule has 3 aromatic rings. The minimum Gasteiger partial charge on any atom is -0.494 e. The number of fused-ring (bicyclic) bond motifs is 1. The lowest BCUT2D eigenvalue weighted by Crippen LogP contribution is -2.44. The Bertz CT molecular complexity index is 1330. The standard InChI is InChI=1S/C26H29F2N3O5/c1-2-35-20-5-3-4-18(12-20)16-30-25(33)23-13-21(36-22(14-27)15-28)6-7-24(23)31(26(30)34)19-8-10-29(17-32)11-9-19/h3-7,12-13,17,19,22H,2,8-11,14-16H2,1H3. The molecule has 4 rings (SSSR count). The van der Waals surface area contributed by atoms with Gasteiger partial charge in [-0.05, 0) is 55.7 Å². The Labute approximate surface area is 206 Å². The molecule has 1 aliphatic heterocycles. The molecule has 2 aromatic carbocycles. The van der Waals surface area contributed by atoms with Crippen LogP contribution >= 0.6 is 0 Å². The number of carbonyl (C=O) groups is 1. The van der Waals surface area contributed by atoms with E-state index >= 15 is 0 Å².